The van der Waals surface area contributed by atoms with Gasteiger partial charge in [-0.2, -0.15) is 0 Å². The van der Waals surface area contributed by atoms with Crippen molar-refractivity contribution in [2.45, 2.75) is 26.2 Å². The summed E-state index contributed by atoms with van der Waals surface area (Å²) in [7, 11) is 0. The zero-order valence-corrected chi connectivity index (χ0v) is 14.3. The lowest BCUT2D eigenvalue weighted by Crippen LogP contribution is -2.50. The third-order valence-corrected chi connectivity index (χ3v) is 5.43. The minimum absolute atomic E-state index is 0.0937. The molecule has 1 aromatic carbocycles. The van der Waals surface area contributed by atoms with Crippen LogP contribution in [0.4, 0.5) is 5.69 Å². The quantitative estimate of drug-likeness (QED) is 0.844. The molecule has 2 aliphatic heterocycles. The van der Waals surface area contributed by atoms with Crippen LogP contribution < -0.4 is 4.90 Å². The van der Waals surface area contributed by atoms with E-state index in [1.54, 1.807) is 11.8 Å². The Morgan fingerprint density at radius 1 is 1.20 bits per heavy atom. The summed E-state index contributed by atoms with van der Waals surface area (Å²) in [6.45, 7) is 3.61. The van der Waals surface area contributed by atoms with Gasteiger partial charge >= 0.3 is 0 Å². The largest absolute Gasteiger partial charge is 0.364 e. The number of nitrogens with zero attached hydrogens (tertiary/aromatic N) is 3. The molecule has 1 spiro atoms. The Balaban J connectivity index is 1.56. The van der Waals surface area contributed by atoms with Crippen molar-refractivity contribution in [1.82, 2.24) is 10.1 Å². The molecule has 4 rings (SSSR count). The number of para-hydroxylation sites is 1. The predicted octanol–water partition coefficient (Wildman–Crippen LogP) is 2.64. The molecular formula is C19H21N3O3. The van der Waals surface area contributed by atoms with Crippen molar-refractivity contribution in [3.8, 4) is 0 Å². The summed E-state index contributed by atoms with van der Waals surface area (Å²) in [6.07, 6.45) is 3.85. The number of hydrogen-bond donors (Lipinski definition) is 0. The van der Waals surface area contributed by atoms with E-state index in [0.717, 1.165) is 24.9 Å². The smallest absolute Gasteiger partial charge is 0.259 e. The summed E-state index contributed by atoms with van der Waals surface area (Å²) in [5.41, 5.74) is 1.55. The van der Waals surface area contributed by atoms with Crippen LogP contribution >= 0.6 is 0 Å². The summed E-state index contributed by atoms with van der Waals surface area (Å²) in [5, 5.41) is 3.79. The first-order valence-corrected chi connectivity index (χ1v) is 8.68. The molecule has 2 amide bonds. The average molecular weight is 339 g/mol. The van der Waals surface area contributed by atoms with Gasteiger partial charge in [0, 0.05) is 25.3 Å². The number of amides is 2. The van der Waals surface area contributed by atoms with Crippen LogP contribution in [0.5, 0.6) is 0 Å². The molecular weight excluding hydrogens is 318 g/mol. The molecule has 130 valence electrons. The van der Waals surface area contributed by atoms with Crippen LogP contribution in [-0.2, 0) is 4.79 Å². The van der Waals surface area contributed by atoms with Gasteiger partial charge in [0.15, 0.2) is 0 Å². The average Bonchev–Trinajstić information content (AvgIpc) is 3.20. The molecule has 0 saturated carbocycles. The molecule has 6 heteroatoms. The van der Waals surface area contributed by atoms with E-state index in [-0.39, 0.29) is 11.8 Å². The molecule has 1 aromatic heterocycles. The van der Waals surface area contributed by atoms with E-state index < -0.39 is 5.41 Å². The zero-order chi connectivity index (χ0) is 17.4. The Bertz CT molecular complexity index is 801. The molecule has 0 radical (unpaired) electrons. The van der Waals surface area contributed by atoms with E-state index in [1.165, 1.54) is 6.26 Å². The fourth-order valence-electron chi connectivity index (χ4n) is 4.03. The lowest BCUT2D eigenvalue weighted by molar-refractivity contribution is -0.127. The predicted molar refractivity (Wildman–Crippen MR) is 92.2 cm³/mol. The van der Waals surface area contributed by atoms with Crippen molar-refractivity contribution >= 4 is 17.5 Å². The number of carbonyl (C=O) groups is 2. The van der Waals surface area contributed by atoms with Gasteiger partial charge in [0.05, 0.1) is 11.1 Å². The van der Waals surface area contributed by atoms with Gasteiger partial charge in [-0.3, -0.25) is 9.59 Å². The van der Waals surface area contributed by atoms with Crippen molar-refractivity contribution in [3.05, 3.63) is 47.9 Å². The molecule has 0 aliphatic carbocycles. The van der Waals surface area contributed by atoms with Crippen molar-refractivity contribution in [2.24, 2.45) is 5.41 Å². The van der Waals surface area contributed by atoms with Gasteiger partial charge in [-0.15, -0.1) is 0 Å². The van der Waals surface area contributed by atoms with Gasteiger partial charge in [-0.05, 0) is 38.3 Å². The first kappa shape index (κ1) is 15.9. The van der Waals surface area contributed by atoms with E-state index in [2.05, 4.69) is 5.16 Å². The fourth-order valence-corrected chi connectivity index (χ4v) is 4.03. The maximum atomic E-state index is 13.2. The standard InChI is InChI=1S/C19H21N3O3/c1-14-16(12-25-20-14)17(23)21-10-5-8-19(13-21)9-11-22(18(19)24)15-6-3-2-4-7-15/h2-4,6-7,12H,5,8-11,13H2,1H3. The molecule has 0 bridgehead atoms. The van der Waals surface area contributed by atoms with E-state index in [1.807, 2.05) is 35.2 Å². The van der Waals surface area contributed by atoms with Crippen LogP contribution in [0.25, 0.3) is 0 Å². The molecule has 2 aromatic rings. The molecule has 6 nitrogen and oxygen atoms in total. The second kappa shape index (κ2) is 6.02. The number of anilines is 1. The molecule has 25 heavy (non-hydrogen) atoms. The number of likely N-dealkylation sites (tertiary alicyclic amines) is 1. The van der Waals surface area contributed by atoms with Crippen molar-refractivity contribution in [1.29, 1.82) is 0 Å². The van der Waals surface area contributed by atoms with Gasteiger partial charge in [-0.1, -0.05) is 23.4 Å². The van der Waals surface area contributed by atoms with E-state index in [0.29, 0.717) is 30.9 Å². The maximum Gasteiger partial charge on any atom is 0.259 e. The highest BCUT2D eigenvalue weighted by Crippen LogP contribution is 2.42. The number of carbonyl (C=O) groups excluding carboxylic acids is 2. The summed E-state index contributed by atoms with van der Waals surface area (Å²) in [5.74, 6) is 0.0435. The van der Waals surface area contributed by atoms with Gasteiger partial charge < -0.3 is 14.3 Å². The van der Waals surface area contributed by atoms with Crippen molar-refractivity contribution < 1.29 is 14.1 Å². The normalized spacial score (nSPS) is 23.5. The Labute approximate surface area is 146 Å². The SMILES string of the molecule is Cc1nocc1C(=O)N1CCCC2(CCN(c3ccccc3)C2=O)C1. The highest BCUT2D eigenvalue weighted by molar-refractivity contribution is 6.01. The summed E-state index contributed by atoms with van der Waals surface area (Å²) < 4.78 is 4.90. The highest BCUT2D eigenvalue weighted by atomic mass is 16.5. The first-order valence-electron chi connectivity index (χ1n) is 8.68. The Hall–Kier alpha value is -2.63. The van der Waals surface area contributed by atoms with E-state index in [9.17, 15) is 9.59 Å². The van der Waals surface area contributed by atoms with Crippen LogP contribution in [0.15, 0.2) is 41.1 Å². The zero-order valence-electron chi connectivity index (χ0n) is 14.3. The van der Waals surface area contributed by atoms with Crippen LogP contribution in [0, 0.1) is 12.3 Å². The van der Waals surface area contributed by atoms with Crippen LogP contribution in [-0.4, -0.2) is 41.5 Å². The molecule has 0 N–H and O–H groups in total. The number of piperidine rings is 1. The number of benzene rings is 1. The third-order valence-electron chi connectivity index (χ3n) is 5.43. The van der Waals surface area contributed by atoms with Gasteiger partial charge in [-0.25, -0.2) is 0 Å². The Kier molecular flexibility index (Phi) is 3.82. The lowest BCUT2D eigenvalue weighted by atomic mass is 9.78. The van der Waals surface area contributed by atoms with E-state index in [4.69, 9.17) is 4.52 Å². The number of aromatic nitrogens is 1. The minimum atomic E-state index is -0.463. The molecule has 1 unspecified atom stereocenters. The number of hydrogen-bond acceptors (Lipinski definition) is 4. The van der Waals surface area contributed by atoms with Gasteiger partial charge in [0.1, 0.15) is 11.8 Å². The number of rotatable bonds is 2. The monoisotopic (exact) mass is 339 g/mol. The fraction of sp³-hybridized carbons (Fsp3) is 0.421. The second-order valence-corrected chi connectivity index (χ2v) is 6.97. The van der Waals surface area contributed by atoms with Crippen LogP contribution in [0.2, 0.25) is 0 Å². The maximum absolute atomic E-state index is 13.2. The topological polar surface area (TPSA) is 66.7 Å². The van der Waals surface area contributed by atoms with Gasteiger partial charge in [0.25, 0.3) is 5.91 Å². The van der Waals surface area contributed by atoms with Gasteiger partial charge in [0.2, 0.25) is 5.91 Å². The molecule has 2 saturated heterocycles. The number of aryl methyl sites for hydroxylation is 1. The molecule has 1 atom stereocenters. The van der Waals surface area contributed by atoms with Crippen molar-refractivity contribution in [2.75, 3.05) is 24.5 Å². The summed E-state index contributed by atoms with van der Waals surface area (Å²) in [4.78, 5) is 29.6. The summed E-state index contributed by atoms with van der Waals surface area (Å²) in [6, 6.07) is 9.76. The molecule has 2 aliphatic rings. The first-order chi connectivity index (χ1) is 12.1. The Morgan fingerprint density at radius 2 is 2.00 bits per heavy atom. The molecule has 3 heterocycles. The minimum Gasteiger partial charge on any atom is -0.364 e. The summed E-state index contributed by atoms with van der Waals surface area (Å²) >= 11 is 0. The molecule has 2 fully saturated rings. The van der Waals surface area contributed by atoms with Crippen LogP contribution in [0.1, 0.15) is 35.3 Å². The lowest BCUT2D eigenvalue weighted by Gasteiger charge is -2.39. The van der Waals surface area contributed by atoms with Crippen LogP contribution in [0.3, 0.4) is 0 Å². The van der Waals surface area contributed by atoms with Crippen molar-refractivity contribution in [3.63, 3.8) is 0 Å². The third kappa shape index (κ3) is 2.62. The highest BCUT2D eigenvalue weighted by Gasteiger charge is 2.50. The Morgan fingerprint density at radius 3 is 2.72 bits per heavy atom. The second-order valence-electron chi connectivity index (χ2n) is 6.97. The van der Waals surface area contributed by atoms with E-state index >= 15 is 0 Å².